The molecule has 138 valence electrons. The fourth-order valence-electron chi connectivity index (χ4n) is 3.58. The Hall–Kier alpha value is -3.80. The molecule has 4 aromatic rings. The maximum Gasteiger partial charge on any atom is 0.344 e. The van der Waals surface area contributed by atoms with Crippen molar-refractivity contribution in [3.05, 3.63) is 94.7 Å². The number of rotatable bonds is 3. The van der Waals surface area contributed by atoms with Crippen LogP contribution in [0.15, 0.2) is 86.6 Å². The predicted octanol–water partition coefficient (Wildman–Crippen LogP) is 3.92. The average molecular weight is 373 g/mol. The number of anilines is 1. The molecule has 0 bridgehead atoms. The number of hydrogen-bond acceptors (Lipinski definition) is 5. The highest BCUT2D eigenvalue weighted by molar-refractivity contribution is 5.97. The molecule has 2 atom stereocenters. The van der Waals surface area contributed by atoms with E-state index in [-0.39, 0.29) is 5.91 Å². The molecule has 2 aromatic heterocycles. The number of carbonyl (C=O) groups excluding carboxylic acids is 1. The molecule has 0 saturated carbocycles. The summed E-state index contributed by atoms with van der Waals surface area (Å²) in [5.74, 6) is -0.238. The van der Waals surface area contributed by atoms with Gasteiger partial charge in [-0.15, -0.1) is 0 Å². The summed E-state index contributed by atoms with van der Waals surface area (Å²) in [6.45, 7) is 0. The van der Waals surface area contributed by atoms with Crippen molar-refractivity contribution in [2.24, 2.45) is 0 Å². The third kappa shape index (κ3) is 2.58. The lowest BCUT2D eigenvalue weighted by atomic mass is 9.93. The van der Waals surface area contributed by atoms with Gasteiger partial charge in [-0.3, -0.25) is 4.79 Å². The lowest BCUT2D eigenvalue weighted by Gasteiger charge is -2.16. The SMILES string of the molecule is O=C(Nc1ccccc1)[C@H]1Oc2c(c(=O)oc3ccccc23)[C@H]1c1ccco1. The van der Waals surface area contributed by atoms with Gasteiger partial charge < -0.3 is 18.9 Å². The largest absolute Gasteiger partial charge is 0.478 e. The number of carbonyl (C=O) groups is 1. The molecule has 1 amide bonds. The van der Waals surface area contributed by atoms with Gasteiger partial charge in [-0.25, -0.2) is 4.79 Å². The van der Waals surface area contributed by atoms with E-state index in [0.29, 0.717) is 33.7 Å². The zero-order valence-electron chi connectivity index (χ0n) is 14.6. The Balaban J connectivity index is 1.63. The van der Waals surface area contributed by atoms with Gasteiger partial charge in [0.25, 0.3) is 5.91 Å². The van der Waals surface area contributed by atoms with Crippen LogP contribution in [0.25, 0.3) is 11.0 Å². The van der Waals surface area contributed by atoms with Crippen molar-refractivity contribution in [1.29, 1.82) is 0 Å². The van der Waals surface area contributed by atoms with Gasteiger partial charge in [0.05, 0.1) is 23.1 Å². The molecule has 6 heteroatoms. The molecule has 1 aliphatic rings. The number of ether oxygens (including phenoxy) is 1. The summed E-state index contributed by atoms with van der Waals surface area (Å²) in [6, 6.07) is 19.6. The van der Waals surface area contributed by atoms with Crippen LogP contribution in [0.2, 0.25) is 0 Å². The molecule has 0 fully saturated rings. The number of amides is 1. The number of furan rings is 1. The van der Waals surface area contributed by atoms with Crippen molar-refractivity contribution in [2.75, 3.05) is 5.32 Å². The average Bonchev–Trinajstić information content (AvgIpc) is 3.37. The lowest BCUT2D eigenvalue weighted by molar-refractivity contribution is -0.122. The van der Waals surface area contributed by atoms with Crippen LogP contribution in [0, 0.1) is 0 Å². The Morgan fingerprint density at radius 3 is 2.50 bits per heavy atom. The molecular formula is C22H15NO5. The minimum atomic E-state index is -0.963. The van der Waals surface area contributed by atoms with Crippen LogP contribution < -0.4 is 15.7 Å². The van der Waals surface area contributed by atoms with E-state index in [2.05, 4.69) is 5.32 Å². The van der Waals surface area contributed by atoms with E-state index < -0.39 is 17.6 Å². The summed E-state index contributed by atoms with van der Waals surface area (Å²) in [7, 11) is 0. The predicted molar refractivity (Wildman–Crippen MR) is 103 cm³/mol. The molecule has 1 aliphatic heterocycles. The molecule has 0 radical (unpaired) electrons. The van der Waals surface area contributed by atoms with Gasteiger partial charge in [-0.1, -0.05) is 30.3 Å². The van der Waals surface area contributed by atoms with Crippen molar-refractivity contribution in [3.63, 3.8) is 0 Å². The van der Waals surface area contributed by atoms with Gasteiger partial charge in [-0.2, -0.15) is 0 Å². The first-order chi connectivity index (χ1) is 13.7. The van der Waals surface area contributed by atoms with Crippen LogP contribution in [0.5, 0.6) is 5.75 Å². The van der Waals surface area contributed by atoms with Crippen LogP contribution in [-0.4, -0.2) is 12.0 Å². The molecule has 1 N–H and O–H groups in total. The third-order valence-electron chi connectivity index (χ3n) is 4.81. The van der Waals surface area contributed by atoms with Gasteiger partial charge in [-0.05, 0) is 36.4 Å². The molecule has 2 aromatic carbocycles. The summed E-state index contributed by atoms with van der Waals surface area (Å²) in [6.07, 6.45) is 0.539. The van der Waals surface area contributed by atoms with E-state index >= 15 is 0 Å². The molecular weight excluding hydrogens is 358 g/mol. The van der Waals surface area contributed by atoms with Crippen LogP contribution in [-0.2, 0) is 4.79 Å². The summed E-state index contributed by atoms with van der Waals surface area (Å²) in [4.78, 5) is 25.8. The number of para-hydroxylation sites is 2. The first kappa shape index (κ1) is 16.4. The first-order valence-electron chi connectivity index (χ1n) is 8.84. The molecule has 6 nitrogen and oxygen atoms in total. The van der Waals surface area contributed by atoms with E-state index in [0.717, 1.165) is 0 Å². The summed E-state index contributed by atoms with van der Waals surface area (Å²) in [5.41, 5.74) is 0.808. The topological polar surface area (TPSA) is 81.7 Å². The summed E-state index contributed by atoms with van der Waals surface area (Å²) >= 11 is 0. The normalized spacial score (nSPS) is 17.9. The maximum absolute atomic E-state index is 13.0. The van der Waals surface area contributed by atoms with Crippen molar-refractivity contribution >= 4 is 22.6 Å². The maximum atomic E-state index is 13.0. The summed E-state index contributed by atoms with van der Waals surface area (Å²) < 4.78 is 17.0. The van der Waals surface area contributed by atoms with E-state index in [1.165, 1.54) is 6.26 Å². The van der Waals surface area contributed by atoms with Crippen molar-refractivity contribution in [2.45, 2.75) is 12.0 Å². The van der Waals surface area contributed by atoms with Crippen molar-refractivity contribution < 1.29 is 18.4 Å². The zero-order valence-corrected chi connectivity index (χ0v) is 14.6. The Morgan fingerprint density at radius 2 is 1.71 bits per heavy atom. The smallest absolute Gasteiger partial charge is 0.344 e. The molecule has 0 aliphatic carbocycles. The van der Waals surface area contributed by atoms with Gasteiger partial charge in [0, 0.05) is 5.69 Å². The van der Waals surface area contributed by atoms with Crippen LogP contribution in [0.4, 0.5) is 5.69 Å². The number of nitrogens with one attached hydrogen (secondary N) is 1. The highest BCUT2D eigenvalue weighted by atomic mass is 16.5. The molecule has 28 heavy (non-hydrogen) atoms. The highest BCUT2D eigenvalue weighted by Crippen LogP contribution is 2.44. The van der Waals surface area contributed by atoms with Gasteiger partial charge in [0.2, 0.25) is 0 Å². The second-order valence-corrected chi connectivity index (χ2v) is 6.52. The van der Waals surface area contributed by atoms with E-state index in [9.17, 15) is 9.59 Å². The van der Waals surface area contributed by atoms with E-state index in [1.807, 2.05) is 24.3 Å². The second kappa shape index (κ2) is 6.42. The van der Waals surface area contributed by atoms with Crippen LogP contribution >= 0.6 is 0 Å². The number of benzene rings is 2. The fourth-order valence-corrected chi connectivity index (χ4v) is 3.58. The molecule has 0 spiro atoms. The Kier molecular flexibility index (Phi) is 3.76. The van der Waals surface area contributed by atoms with E-state index in [4.69, 9.17) is 13.6 Å². The van der Waals surface area contributed by atoms with Gasteiger partial charge >= 0.3 is 5.63 Å². The van der Waals surface area contributed by atoms with Gasteiger partial charge in [0.1, 0.15) is 17.1 Å². The molecule has 3 heterocycles. The first-order valence-corrected chi connectivity index (χ1v) is 8.84. The minimum Gasteiger partial charge on any atom is -0.478 e. The quantitative estimate of drug-likeness (QED) is 0.551. The third-order valence-corrected chi connectivity index (χ3v) is 4.81. The summed E-state index contributed by atoms with van der Waals surface area (Å²) in [5, 5.41) is 3.48. The Bertz CT molecular complexity index is 1210. The van der Waals surface area contributed by atoms with Crippen LogP contribution in [0.1, 0.15) is 17.2 Å². The highest BCUT2D eigenvalue weighted by Gasteiger charge is 2.45. The molecule has 0 saturated heterocycles. The lowest BCUT2D eigenvalue weighted by Crippen LogP contribution is -2.35. The number of hydrogen-bond donors (Lipinski definition) is 1. The Labute approximate surface area is 159 Å². The molecule has 5 rings (SSSR count). The van der Waals surface area contributed by atoms with Crippen LogP contribution in [0.3, 0.4) is 0 Å². The van der Waals surface area contributed by atoms with E-state index in [1.54, 1.807) is 42.5 Å². The molecule has 0 unspecified atom stereocenters. The standard InChI is InChI=1S/C22H15NO5/c24-21(23-13-7-2-1-3-8-13)20-17(16-11-6-12-26-16)18-19(28-20)14-9-4-5-10-15(14)27-22(18)25/h1-12,17,20H,(H,23,24)/t17-,20+/m1/s1. The fraction of sp³-hybridized carbons (Fsp3) is 0.0909. The van der Waals surface area contributed by atoms with Crippen molar-refractivity contribution in [3.8, 4) is 5.75 Å². The van der Waals surface area contributed by atoms with Crippen molar-refractivity contribution in [1.82, 2.24) is 0 Å². The Morgan fingerprint density at radius 1 is 0.929 bits per heavy atom. The second-order valence-electron chi connectivity index (χ2n) is 6.52. The monoisotopic (exact) mass is 373 g/mol. The zero-order chi connectivity index (χ0) is 19.1. The number of fused-ring (bicyclic) bond motifs is 3. The minimum absolute atomic E-state index is 0.293. The van der Waals surface area contributed by atoms with Gasteiger partial charge in [0.15, 0.2) is 6.10 Å².